The van der Waals surface area contributed by atoms with Gasteiger partial charge in [0.15, 0.2) is 0 Å². The monoisotopic (exact) mass is 326 g/mol. The van der Waals surface area contributed by atoms with E-state index in [1.807, 2.05) is 19.1 Å². The van der Waals surface area contributed by atoms with Gasteiger partial charge in [0.1, 0.15) is 11.5 Å². The van der Waals surface area contributed by atoms with Crippen LogP contribution < -0.4 is 9.47 Å². The molecule has 24 heavy (non-hydrogen) atoms. The van der Waals surface area contributed by atoms with E-state index >= 15 is 0 Å². The molecule has 3 rings (SSSR count). The molecule has 0 unspecified atom stereocenters. The Morgan fingerprint density at radius 1 is 1.17 bits per heavy atom. The summed E-state index contributed by atoms with van der Waals surface area (Å²) in [6.07, 6.45) is 2.57. The molecule has 1 aliphatic rings. The van der Waals surface area contributed by atoms with Crippen LogP contribution in [0.2, 0.25) is 0 Å². The van der Waals surface area contributed by atoms with E-state index in [0.29, 0.717) is 29.6 Å². The second-order valence-corrected chi connectivity index (χ2v) is 5.22. The first kappa shape index (κ1) is 15.8. The number of hydrazone groups is 1. The number of hydrogen-bond acceptors (Lipinski definition) is 6. The zero-order chi connectivity index (χ0) is 16.9. The van der Waals surface area contributed by atoms with Gasteiger partial charge >= 0.3 is 0 Å². The summed E-state index contributed by atoms with van der Waals surface area (Å²) in [6, 6.07) is 10.8. The van der Waals surface area contributed by atoms with Crippen molar-refractivity contribution in [1.82, 2.24) is 9.99 Å². The van der Waals surface area contributed by atoms with Crippen molar-refractivity contribution in [3.05, 3.63) is 47.7 Å². The Bertz CT molecular complexity index is 772. The third-order valence-corrected chi connectivity index (χ3v) is 3.54. The van der Waals surface area contributed by atoms with E-state index in [0.717, 1.165) is 17.9 Å². The highest BCUT2D eigenvalue weighted by Crippen LogP contribution is 2.27. The molecule has 7 nitrogen and oxygen atoms in total. The van der Waals surface area contributed by atoms with Crippen LogP contribution in [0, 0.1) is 6.92 Å². The summed E-state index contributed by atoms with van der Waals surface area (Å²) >= 11 is 0. The molecule has 1 aromatic carbocycles. The summed E-state index contributed by atoms with van der Waals surface area (Å²) in [6.45, 7) is 2.52. The number of hydrogen-bond donors (Lipinski definition) is 1. The standard InChI is InChI=1S/C17H18N4O3/c1-12-4-9-15(16(20-22)21-11-3-10-18-21)17(19-12)24-14-7-5-13(23-2)6-8-14/h4-10,22H,3,11H2,1-2H3/b20-16-. The maximum Gasteiger partial charge on any atom is 0.230 e. The number of benzene rings is 1. The highest BCUT2D eigenvalue weighted by molar-refractivity contribution is 6.01. The van der Waals surface area contributed by atoms with E-state index in [1.165, 1.54) is 0 Å². The lowest BCUT2D eigenvalue weighted by molar-refractivity contribution is 0.304. The average molecular weight is 326 g/mol. The minimum atomic E-state index is 0.305. The molecule has 124 valence electrons. The Morgan fingerprint density at radius 2 is 1.92 bits per heavy atom. The van der Waals surface area contributed by atoms with Crippen LogP contribution in [0.25, 0.3) is 0 Å². The molecule has 0 bridgehead atoms. The van der Waals surface area contributed by atoms with Crippen molar-refractivity contribution in [2.24, 2.45) is 10.3 Å². The van der Waals surface area contributed by atoms with E-state index in [4.69, 9.17) is 9.47 Å². The van der Waals surface area contributed by atoms with Crippen LogP contribution in [0.1, 0.15) is 17.7 Å². The predicted molar refractivity (Wildman–Crippen MR) is 90.2 cm³/mol. The van der Waals surface area contributed by atoms with Gasteiger partial charge in [0.2, 0.25) is 11.7 Å². The molecule has 7 heteroatoms. The first-order chi connectivity index (χ1) is 11.7. The summed E-state index contributed by atoms with van der Waals surface area (Å²) in [5.74, 6) is 2.01. The molecule has 0 fully saturated rings. The molecule has 0 radical (unpaired) electrons. The lowest BCUT2D eigenvalue weighted by Crippen LogP contribution is -2.25. The lowest BCUT2D eigenvalue weighted by atomic mass is 10.2. The number of nitrogens with zero attached hydrogens (tertiary/aromatic N) is 4. The Morgan fingerprint density at radius 3 is 2.54 bits per heavy atom. The van der Waals surface area contributed by atoms with Crippen molar-refractivity contribution in [2.75, 3.05) is 13.7 Å². The van der Waals surface area contributed by atoms with Gasteiger partial charge in [-0.3, -0.25) is 0 Å². The number of aryl methyl sites for hydroxylation is 1. The van der Waals surface area contributed by atoms with Gasteiger partial charge in [0, 0.05) is 24.9 Å². The summed E-state index contributed by atoms with van der Waals surface area (Å²) in [5.41, 5.74) is 1.36. The van der Waals surface area contributed by atoms with Gasteiger partial charge in [-0.1, -0.05) is 5.16 Å². The van der Waals surface area contributed by atoms with Crippen molar-refractivity contribution in [3.63, 3.8) is 0 Å². The SMILES string of the molecule is COc1ccc(Oc2nc(C)ccc2/C(=N/O)N2CCC=N2)cc1. The fraction of sp³-hybridized carbons (Fsp3) is 0.235. The van der Waals surface area contributed by atoms with E-state index in [-0.39, 0.29) is 0 Å². The number of ether oxygens (including phenoxy) is 2. The van der Waals surface area contributed by atoms with E-state index in [9.17, 15) is 5.21 Å². The highest BCUT2D eigenvalue weighted by atomic mass is 16.5. The third-order valence-electron chi connectivity index (χ3n) is 3.54. The molecule has 0 atom stereocenters. The van der Waals surface area contributed by atoms with Crippen LogP contribution in [0.4, 0.5) is 0 Å². The Balaban J connectivity index is 1.94. The Kier molecular flexibility index (Phi) is 4.60. The molecule has 1 aromatic heterocycles. The van der Waals surface area contributed by atoms with Gasteiger partial charge in [-0.15, -0.1) is 0 Å². The molecule has 0 amide bonds. The minimum Gasteiger partial charge on any atom is -0.497 e. The first-order valence-electron chi connectivity index (χ1n) is 7.53. The number of methoxy groups -OCH3 is 1. The number of rotatable bonds is 4. The minimum absolute atomic E-state index is 0.305. The van der Waals surface area contributed by atoms with E-state index in [1.54, 1.807) is 42.6 Å². The van der Waals surface area contributed by atoms with Crippen molar-refractivity contribution < 1.29 is 14.7 Å². The zero-order valence-corrected chi connectivity index (χ0v) is 13.5. The average Bonchev–Trinajstić information content (AvgIpc) is 3.12. The Hall–Kier alpha value is -3.09. The molecular weight excluding hydrogens is 308 g/mol. The van der Waals surface area contributed by atoms with Crippen molar-refractivity contribution in [2.45, 2.75) is 13.3 Å². The molecule has 1 N–H and O–H groups in total. The normalized spacial score (nSPS) is 14.1. The molecule has 2 aromatic rings. The van der Waals surface area contributed by atoms with Crippen LogP contribution in [-0.2, 0) is 0 Å². The summed E-state index contributed by atoms with van der Waals surface area (Å²) in [5, 5.41) is 18.6. The van der Waals surface area contributed by atoms with E-state index < -0.39 is 0 Å². The highest BCUT2D eigenvalue weighted by Gasteiger charge is 2.21. The maximum absolute atomic E-state index is 9.44. The molecule has 0 spiro atoms. The van der Waals surface area contributed by atoms with Crippen LogP contribution >= 0.6 is 0 Å². The quantitative estimate of drug-likeness (QED) is 0.404. The first-order valence-corrected chi connectivity index (χ1v) is 7.53. The van der Waals surface area contributed by atoms with E-state index in [2.05, 4.69) is 15.2 Å². The van der Waals surface area contributed by atoms with Gasteiger partial charge in [-0.05, 0) is 43.3 Å². The molecule has 0 saturated carbocycles. The van der Waals surface area contributed by atoms with Gasteiger partial charge < -0.3 is 14.7 Å². The second-order valence-electron chi connectivity index (χ2n) is 5.22. The molecule has 1 aliphatic heterocycles. The van der Waals surface area contributed by atoms with Crippen molar-refractivity contribution >= 4 is 12.1 Å². The fourth-order valence-electron chi connectivity index (χ4n) is 2.34. The summed E-state index contributed by atoms with van der Waals surface area (Å²) < 4.78 is 11.0. The summed E-state index contributed by atoms with van der Waals surface area (Å²) in [4.78, 5) is 4.43. The predicted octanol–water partition coefficient (Wildman–Crippen LogP) is 3.02. The number of aromatic nitrogens is 1. The third kappa shape index (κ3) is 3.29. The zero-order valence-electron chi connectivity index (χ0n) is 13.5. The van der Waals surface area contributed by atoms with Gasteiger partial charge in [-0.25, -0.2) is 9.99 Å². The van der Waals surface area contributed by atoms with Crippen molar-refractivity contribution in [3.8, 4) is 17.4 Å². The summed E-state index contributed by atoms with van der Waals surface area (Å²) in [7, 11) is 1.61. The lowest BCUT2D eigenvalue weighted by Gasteiger charge is -2.17. The molecule has 0 saturated heterocycles. The molecule has 2 heterocycles. The Labute approximate surface area is 139 Å². The largest absolute Gasteiger partial charge is 0.497 e. The smallest absolute Gasteiger partial charge is 0.230 e. The number of oxime groups is 1. The van der Waals surface area contributed by atoms with Gasteiger partial charge in [0.05, 0.1) is 12.7 Å². The molecule has 0 aliphatic carbocycles. The van der Waals surface area contributed by atoms with Crippen LogP contribution in [-0.4, -0.2) is 40.9 Å². The van der Waals surface area contributed by atoms with Gasteiger partial charge in [0.25, 0.3) is 0 Å². The van der Waals surface area contributed by atoms with Gasteiger partial charge in [-0.2, -0.15) is 5.10 Å². The molecular formula is C17H18N4O3. The second kappa shape index (κ2) is 6.99. The number of pyridine rings is 1. The number of amidine groups is 1. The van der Waals surface area contributed by atoms with Crippen LogP contribution in [0.5, 0.6) is 17.4 Å². The van der Waals surface area contributed by atoms with Crippen LogP contribution in [0.3, 0.4) is 0 Å². The van der Waals surface area contributed by atoms with Crippen molar-refractivity contribution in [1.29, 1.82) is 0 Å². The fourth-order valence-corrected chi connectivity index (χ4v) is 2.34. The van der Waals surface area contributed by atoms with Crippen LogP contribution in [0.15, 0.2) is 46.7 Å². The maximum atomic E-state index is 9.44. The topological polar surface area (TPSA) is 79.5 Å².